The molecule has 2 rings (SSSR count). The first kappa shape index (κ1) is 14.8. The Morgan fingerprint density at radius 1 is 1.29 bits per heavy atom. The number of nitrogens with zero attached hydrogens (tertiary/aromatic N) is 2. The third kappa shape index (κ3) is 3.11. The van der Waals surface area contributed by atoms with E-state index in [1.165, 1.54) is 36.2 Å². The summed E-state index contributed by atoms with van der Waals surface area (Å²) >= 11 is 5.71. The Balaban J connectivity index is 2.36. The number of amides is 1. The Labute approximate surface area is 125 Å². The van der Waals surface area contributed by atoms with Gasteiger partial charge in [0.15, 0.2) is 0 Å². The van der Waals surface area contributed by atoms with Gasteiger partial charge in [-0.25, -0.2) is 0 Å². The van der Waals surface area contributed by atoms with Crippen LogP contribution in [-0.2, 0) is 0 Å². The molecule has 0 aliphatic heterocycles. The van der Waals surface area contributed by atoms with E-state index in [4.69, 9.17) is 11.6 Å². The second kappa shape index (κ2) is 5.80. The third-order valence-electron chi connectivity index (χ3n) is 2.91. The molecule has 0 saturated carbocycles. The first-order valence-electron chi connectivity index (χ1n) is 5.91. The van der Waals surface area contributed by atoms with E-state index in [0.717, 1.165) is 6.07 Å². The van der Waals surface area contributed by atoms with Gasteiger partial charge in [-0.3, -0.25) is 14.9 Å². The van der Waals surface area contributed by atoms with Crippen molar-refractivity contribution in [3.8, 4) is 5.75 Å². The summed E-state index contributed by atoms with van der Waals surface area (Å²) in [7, 11) is 1.51. The number of hydrogen-bond acceptors (Lipinski definition) is 4. The van der Waals surface area contributed by atoms with Crippen LogP contribution in [0.15, 0.2) is 42.5 Å². The SMILES string of the molecule is CN(C(=O)c1ccc(Cl)c([N+](=O)[O-])c1)c1cccc(O)c1. The van der Waals surface area contributed by atoms with Crippen LogP contribution < -0.4 is 4.90 Å². The smallest absolute Gasteiger partial charge is 0.288 e. The molecule has 0 saturated heterocycles. The highest BCUT2D eigenvalue weighted by atomic mass is 35.5. The molecule has 2 aromatic rings. The maximum atomic E-state index is 12.3. The Morgan fingerprint density at radius 3 is 2.62 bits per heavy atom. The van der Waals surface area contributed by atoms with E-state index in [9.17, 15) is 20.0 Å². The van der Waals surface area contributed by atoms with Gasteiger partial charge in [-0.05, 0) is 24.3 Å². The van der Waals surface area contributed by atoms with Gasteiger partial charge in [0.1, 0.15) is 10.8 Å². The normalized spacial score (nSPS) is 10.2. The Hall–Kier alpha value is -2.60. The minimum Gasteiger partial charge on any atom is -0.508 e. The topological polar surface area (TPSA) is 83.7 Å². The summed E-state index contributed by atoms with van der Waals surface area (Å²) in [6, 6.07) is 9.99. The first-order valence-corrected chi connectivity index (χ1v) is 6.29. The number of halogens is 1. The van der Waals surface area contributed by atoms with Crippen LogP contribution in [0.4, 0.5) is 11.4 Å². The number of nitro groups is 1. The van der Waals surface area contributed by atoms with Crippen molar-refractivity contribution in [3.05, 3.63) is 63.2 Å². The third-order valence-corrected chi connectivity index (χ3v) is 3.23. The molecule has 0 aromatic heterocycles. The van der Waals surface area contributed by atoms with Crippen LogP contribution in [0.2, 0.25) is 5.02 Å². The van der Waals surface area contributed by atoms with Gasteiger partial charge in [0.2, 0.25) is 0 Å². The van der Waals surface area contributed by atoms with Crippen LogP contribution in [0.25, 0.3) is 0 Å². The minimum absolute atomic E-state index is 0.0224. The number of benzene rings is 2. The largest absolute Gasteiger partial charge is 0.508 e. The molecule has 2 aromatic carbocycles. The van der Waals surface area contributed by atoms with E-state index >= 15 is 0 Å². The lowest BCUT2D eigenvalue weighted by Crippen LogP contribution is -2.26. The molecule has 108 valence electrons. The molecular weight excluding hydrogens is 296 g/mol. The molecule has 0 fully saturated rings. The molecule has 0 atom stereocenters. The van der Waals surface area contributed by atoms with Gasteiger partial charge in [0.05, 0.1) is 4.92 Å². The van der Waals surface area contributed by atoms with Crippen molar-refractivity contribution in [2.75, 3.05) is 11.9 Å². The highest BCUT2D eigenvalue weighted by molar-refractivity contribution is 6.32. The van der Waals surface area contributed by atoms with E-state index in [1.54, 1.807) is 12.1 Å². The van der Waals surface area contributed by atoms with Crippen molar-refractivity contribution in [3.63, 3.8) is 0 Å². The molecule has 1 amide bonds. The highest BCUT2D eigenvalue weighted by Crippen LogP contribution is 2.27. The van der Waals surface area contributed by atoms with Gasteiger partial charge in [0.25, 0.3) is 11.6 Å². The van der Waals surface area contributed by atoms with Crippen LogP contribution in [-0.4, -0.2) is 23.0 Å². The molecule has 0 bridgehead atoms. The summed E-state index contributed by atoms with van der Waals surface area (Å²) in [5.74, 6) is -0.422. The molecule has 1 N–H and O–H groups in total. The van der Waals surface area contributed by atoms with Gasteiger partial charge in [-0.2, -0.15) is 0 Å². The predicted octanol–water partition coefficient (Wildman–Crippen LogP) is 3.23. The zero-order valence-electron chi connectivity index (χ0n) is 11.0. The lowest BCUT2D eigenvalue weighted by Gasteiger charge is -2.17. The predicted molar refractivity (Wildman–Crippen MR) is 78.9 cm³/mol. The van der Waals surface area contributed by atoms with Crippen LogP contribution in [0, 0.1) is 10.1 Å². The zero-order valence-corrected chi connectivity index (χ0v) is 11.7. The Bertz CT molecular complexity index is 718. The maximum Gasteiger partial charge on any atom is 0.288 e. The van der Waals surface area contributed by atoms with E-state index < -0.39 is 10.8 Å². The number of rotatable bonds is 3. The van der Waals surface area contributed by atoms with E-state index in [-0.39, 0.29) is 22.0 Å². The van der Waals surface area contributed by atoms with Crippen molar-refractivity contribution in [2.24, 2.45) is 0 Å². The minimum atomic E-state index is -0.645. The highest BCUT2D eigenvalue weighted by Gasteiger charge is 2.19. The van der Waals surface area contributed by atoms with Gasteiger partial charge in [0, 0.05) is 30.4 Å². The van der Waals surface area contributed by atoms with Crippen molar-refractivity contribution in [2.45, 2.75) is 0 Å². The molecule has 0 heterocycles. The van der Waals surface area contributed by atoms with Crippen molar-refractivity contribution < 1.29 is 14.8 Å². The van der Waals surface area contributed by atoms with Gasteiger partial charge >= 0.3 is 0 Å². The van der Waals surface area contributed by atoms with Crippen LogP contribution in [0.3, 0.4) is 0 Å². The van der Waals surface area contributed by atoms with Gasteiger partial charge in [-0.15, -0.1) is 0 Å². The summed E-state index contributed by atoms with van der Waals surface area (Å²) in [4.78, 5) is 23.8. The zero-order chi connectivity index (χ0) is 15.6. The lowest BCUT2D eigenvalue weighted by molar-refractivity contribution is -0.384. The molecule has 6 nitrogen and oxygen atoms in total. The fourth-order valence-electron chi connectivity index (χ4n) is 1.80. The summed E-state index contributed by atoms with van der Waals surface area (Å²) in [5.41, 5.74) is 0.279. The number of phenols is 1. The molecule has 0 radical (unpaired) electrons. The van der Waals surface area contributed by atoms with Crippen molar-refractivity contribution in [1.29, 1.82) is 0 Å². The van der Waals surface area contributed by atoms with E-state index in [1.807, 2.05) is 0 Å². The Morgan fingerprint density at radius 2 is 2.00 bits per heavy atom. The van der Waals surface area contributed by atoms with Gasteiger partial charge in [-0.1, -0.05) is 17.7 Å². The molecule has 0 unspecified atom stereocenters. The molecule has 0 spiro atoms. The van der Waals surface area contributed by atoms with E-state index in [0.29, 0.717) is 5.69 Å². The fourth-order valence-corrected chi connectivity index (χ4v) is 1.98. The summed E-state index contributed by atoms with van der Waals surface area (Å²) in [6.45, 7) is 0. The lowest BCUT2D eigenvalue weighted by atomic mass is 10.1. The quantitative estimate of drug-likeness (QED) is 0.697. The summed E-state index contributed by atoms with van der Waals surface area (Å²) < 4.78 is 0. The standard InChI is InChI=1S/C14H11ClN2O4/c1-16(10-3-2-4-11(18)8-10)14(19)9-5-6-12(15)13(7-9)17(20)21/h2-8,18H,1H3. The number of anilines is 1. The fraction of sp³-hybridized carbons (Fsp3) is 0.0714. The Kier molecular flexibility index (Phi) is 4.09. The average molecular weight is 307 g/mol. The second-order valence-corrected chi connectivity index (χ2v) is 4.71. The summed E-state index contributed by atoms with van der Waals surface area (Å²) in [5, 5.41) is 20.2. The van der Waals surface area contributed by atoms with Crippen LogP contribution >= 0.6 is 11.6 Å². The number of phenolic OH excluding ortho intramolecular Hbond substituents is 1. The van der Waals surface area contributed by atoms with E-state index in [2.05, 4.69) is 0 Å². The number of hydrogen-bond donors (Lipinski definition) is 1. The molecule has 21 heavy (non-hydrogen) atoms. The van der Waals surface area contributed by atoms with Crippen molar-refractivity contribution >= 4 is 28.9 Å². The van der Waals surface area contributed by atoms with Crippen LogP contribution in [0.5, 0.6) is 5.75 Å². The van der Waals surface area contributed by atoms with Crippen LogP contribution in [0.1, 0.15) is 10.4 Å². The number of carbonyl (C=O) groups excluding carboxylic acids is 1. The van der Waals surface area contributed by atoms with Crippen molar-refractivity contribution in [1.82, 2.24) is 0 Å². The molecule has 0 aliphatic carbocycles. The average Bonchev–Trinajstić information content (AvgIpc) is 2.46. The maximum absolute atomic E-state index is 12.3. The first-order chi connectivity index (χ1) is 9.90. The van der Waals surface area contributed by atoms with Gasteiger partial charge < -0.3 is 10.0 Å². The molecule has 7 heteroatoms. The monoisotopic (exact) mass is 306 g/mol. The number of carbonyl (C=O) groups is 1. The number of nitro benzene ring substituents is 1. The molecule has 0 aliphatic rings. The second-order valence-electron chi connectivity index (χ2n) is 4.31. The number of aromatic hydroxyl groups is 1. The molecular formula is C14H11ClN2O4. The summed E-state index contributed by atoms with van der Waals surface area (Å²) in [6.07, 6.45) is 0.